The highest BCUT2D eigenvalue weighted by atomic mass is 32.2. The van der Waals surface area contributed by atoms with Crippen LogP contribution in [-0.4, -0.2) is 39.5 Å². The number of carbonyl (C=O) groups excluding carboxylic acids is 2. The minimum absolute atomic E-state index is 0.0264. The van der Waals surface area contributed by atoms with Crippen molar-refractivity contribution < 1.29 is 29.3 Å². The predicted molar refractivity (Wildman–Crippen MR) is 75.7 cm³/mol. The van der Waals surface area contributed by atoms with Gasteiger partial charge in [-0.05, 0) is 26.0 Å². The molecule has 21 heavy (non-hydrogen) atoms. The molecule has 2 N–H and O–H groups in total. The molecule has 6 nitrogen and oxygen atoms in total. The van der Waals surface area contributed by atoms with Gasteiger partial charge in [-0.25, -0.2) is 4.79 Å². The second-order valence-corrected chi connectivity index (χ2v) is 5.45. The number of benzene rings is 1. The number of rotatable bonds is 6. The Morgan fingerprint density at radius 1 is 1.29 bits per heavy atom. The maximum Gasteiger partial charge on any atom is 0.339 e. The van der Waals surface area contributed by atoms with Crippen molar-refractivity contribution >= 4 is 28.8 Å². The van der Waals surface area contributed by atoms with Gasteiger partial charge in [-0.3, -0.25) is 9.59 Å². The standard InChI is InChI=1S/C14H16O6S/c1-3-20-13(18)14(2,19)10(11(15)16)12(17)21-9-7-5-4-6-8-9/h4-8,10,19H,3H2,1-2H3,(H,15,16). The summed E-state index contributed by atoms with van der Waals surface area (Å²) >= 11 is 0.655. The van der Waals surface area contributed by atoms with Crippen LogP contribution in [0.2, 0.25) is 0 Å². The summed E-state index contributed by atoms with van der Waals surface area (Å²) in [5.74, 6) is -4.64. The van der Waals surface area contributed by atoms with E-state index in [1.54, 1.807) is 30.3 Å². The molecule has 1 aromatic carbocycles. The molecule has 0 amide bonds. The highest BCUT2D eigenvalue weighted by Gasteiger charge is 2.49. The van der Waals surface area contributed by atoms with E-state index in [-0.39, 0.29) is 6.61 Å². The van der Waals surface area contributed by atoms with Crippen LogP contribution in [0.5, 0.6) is 0 Å². The van der Waals surface area contributed by atoms with E-state index < -0.39 is 28.6 Å². The van der Waals surface area contributed by atoms with Crippen LogP contribution in [0.1, 0.15) is 13.8 Å². The quantitative estimate of drug-likeness (QED) is 0.464. The molecule has 0 aliphatic rings. The van der Waals surface area contributed by atoms with E-state index in [0.29, 0.717) is 16.7 Å². The Morgan fingerprint density at radius 2 is 1.86 bits per heavy atom. The van der Waals surface area contributed by atoms with Crippen molar-refractivity contribution in [1.82, 2.24) is 0 Å². The Kier molecular flexibility index (Phi) is 5.92. The number of hydrogen-bond acceptors (Lipinski definition) is 6. The van der Waals surface area contributed by atoms with Crippen LogP contribution < -0.4 is 0 Å². The monoisotopic (exact) mass is 312 g/mol. The number of carboxylic acid groups (broad SMARTS) is 1. The first kappa shape index (κ1) is 17.2. The Morgan fingerprint density at radius 3 is 2.33 bits per heavy atom. The lowest BCUT2D eigenvalue weighted by molar-refractivity contribution is -0.177. The van der Waals surface area contributed by atoms with E-state index in [4.69, 9.17) is 0 Å². The minimum Gasteiger partial charge on any atom is -0.481 e. The molecule has 114 valence electrons. The molecule has 2 atom stereocenters. The van der Waals surface area contributed by atoms with Gasteiger partial charge >= 0.3 is 11.9 Å². The molecular formula is C14H16O6S. The predicted octanol–water partition coefficient (Wildman–Crippen LogP) is 1.32. The smallest absolute Gasteiger partial charge is 0.339 e. The number of aliphatic carboxylic acids is 1. The molecule has 0 fully saturated rings. The Balaban J connectivity index is 2.98. The number of carboxylic acids is 1. The Hall–Kier alpha value is -1.86. The molecule has 1 rings (SSSR count). The summed E-state index contributed by atoms with van der Waals surface area (Å²) in [5, 5.41) is 18.4. The van der Waals surface area contributed by atoms with Crippen molar-refractivity contribution in [2.45, 2.75) is 24.3 Å². The lowest BCUT2D eigenvalue weighted by Gasteiger charge is -2.26. The van der Waals surface area contributed by atoms with Gasteiger partial charge in [0.15, 0.2) is 11.5 Å². The molecule has 0 saturated carbocycles. The summed E-state index contributed by atoms with van der Waals surface area (Å²) in [7, 11) is 0. The van der Waals surface area contributed by atoms with Gasteiger partial charge in [-0.15, -0.1) is 0 Å². The lowest BCUT2D eigenvalue weighted by atomic mass is 9.90. The van der Waals surface area contributed by atoms with Gasteiger partial charge in [-0.1, -0.05) is 30.0 Å². The van der Waals surface area contributed by atoms with Crippen molar-refractivity contribution in [1.29, 1.82) is 0 Å². The summed E-state index contributed by atoms with van der Waals surface area (Å²) in [6.07, 6.45) is 0. The average Bonchev–Trinajstić information content (AvgIpc) is 2.39. The second-order valence-electron chi connectivity index (χ2n) is 4.37. The van der Waals surface area contributed by atoms with Crippen molar-refractivity contribution in [3.05, 3.63) is 30.3 Å². The van der Waals surface area contributed by atoms with Crippen LogP contribution in [0, 0.1) is 5.92 Å². The largest absolute Gasteiger partial charge is 0.481 e. The first-order valence-electron chi connectivity index (χ1n) is 6.19. The van der Waals surface area contributed by atoms with Crippen LogP contribution in [0.25, 0.3) is 0 Å². The van der Waals surface area contributed by atoms with Crippen molar-refractivity contribution in [3.8, 4) is 0 Å². The number of esters is 1. The molecule has 0 saturated heterocycles. The van der Waals surface area contributed by atoms with E-state index in [1.807, 2.05) is 0 Å². The highest BCUT2D eigenvalue weighted by molar-refractivity contribution is 8.13. The van der Waals surface area contributed by atoms with Gasteiger partial charge in [0, 0.05) is 4.90 Å². The van der Waals surface area contributed by atoms with Crippen LogP contribution in [0.4, 0.5) is 0 Å². The van der Waals surface area contributed by atoms with Crippen LogP contribution >= 0.6 is 11.8 Å². The molecule has 7 heteroatoms. The van der Waals surface area contributed by atoms with Gasteiger partial charge in [0.25, 0.3) is 0 Å². The Labute approximate surface area is 126 Å². The summed E-state index contributed by atoms with van der Waals surface area (Å²) in [6, 6.07) is 8.38. The zero-order valence-electron chi connectivity index (χ0n) is 11.6. The molecule has 0 aromatic heterocycles. The maximum absolute atomic E-state index is 12.1. The fourth-order valence-corrected chi connectivity index (χ4v) is 2.60. The summed E-state index contributed by atoms with van der Waals surface area (Å²) < 4.78 is 4.62. The maximum atomic E-state index is 12.1. The minimum atomic E-state index is -2.43. The number of aliphatic hydroxyl groups is 1. The van der Waals surface area contributed by atoms with Gasteiger partial charge in [0.05, 0.1) is 6.61 Å². The molecular weight excluding hydrogens is 296 g/mol. The molecule has 1 aromatic rings. The number of hydrogen-bond donors (Lipinski definition) is 2. The van der Waals surface area contributed by atoms with Crippen molar-refractivity contribution in [3.63, 3.8) is 0 Å². The molecule has 0 heterocycles. The third-order valence-corrected chi connectivity index (χ3v) is 3.64. The molecule has 2 unspecified atom stereocenters. The molecule has 0 bridgehead atoms. The van der Waals surface area contributed by atoms with Crippen molar-refractivity contribution in [2.75, 3.05) is 6.61 Å². The number of carbonyl (C=O) groups is 3. The van der Waals surface area contributed by atoms with E-state index in [1.165, 1.54) is 6.92 Å². The fourth-order valence-electron chi connectivity index (χ4n) is 1.63. The van der Waals surface area contributed by atoms with Gasteiger partial charge in [0.2, 0.25) is 5.12 Å². The van der Waals surface area contributed by atoms with E-state index in [2.05, 4.69) is 4.74 Å². The number of thioether (sulfide) groups is 1. The molecule has 0 radical (unpaired) electrons. The fraction of sp³-hybridized carbons (Fsp3) is 0.357. The SMILES string of the molecule is CCOC(=O)C(C)(O)C(C(=O)O)C(=O)Sc1ccccc1. The Bertz CT molecular complexity index is 526. The van der Waals surface area contributed by atoms with Crippen LogP contribution in [0.3, 0.4) is 0 Å². The molecule has 0 spiro atoms. The zero-order chi connectivity index (χ0) is 16.0. The van der Waals surface area contributed by atoms with E-state index in [9.17, 15) is 24.6 Å². The lowest BCUT2D eigenvalue weighted by Crippen LogP contribution is -2.50. The molecule has 0 aliphatic carbocycles. The average molecular weight is 312 g/mol. The summed E-state index contributed by atoms with van der Waals surface area (Å²) in [4.78, 5) is 35.6. The normalized spacial score (nSPS) is 14.8. The number of ether oxygens (including phenoxy) is 1. The first-order valence-corrected chi connectivity index (χ1v) is 7.01. The van der Waals surface area contributed by atoms with E-state index >= 15 is 0 Å². The zero-order valence-corrected chi connectivity index (χ0v) is 12.4. The topological polar surface area (TPSA) is 101 Å². The van der Waals surface area contributed by atoms with Crippen molar-refractivity contribution in [2.24, 2.45) is 5.92 Å². The van der Waals surface area contributed by atoms with Crippen LogP contribution in [0.15, 0.2) is 35.2 Å². The molecule has 0 aliphatic heterocycles. The second kappa shape index (κ2) is 7.24. The summed E-state index contributed by atoms with van der Waals surface area (Å²) in [5.41, 5.74) is -2.43. The van der Waals surface area contributed by atoms with Crippen LogP contribution in [-0.2, 0) is 19.1 Å². The first-order chi connectivity index (χ1) is 9.80. The van der Waals surface area contributed by atoms with Gasteiger partial charge in [-0.2, -0.15) is 0 Å². The summed E-state index contributed by atoms with van der Waals surface area (Å²) in [6.45, 7) is 2.46. The van der Waals surface area contributed by atoms with E-state index in [0.717, 1.165) is 6.92 Å². The van der Waals surface area contributed by atoms with Gasteiger partial charge in [0.1, 0.15) is 0 Å². The van der Waals surface area contributed by atoms with Gasteiger partial charge < -0.3 is 14.9 Å². The third kappa shape index (κ3) is 4.30. The highest BCUT2D eigenvalue weighted by Crippen LogP contribution is 2.29. The third-order valence-electron chi connectivity index (χ3n) is 2.70.